The summed E-state index contributed by atoms with van der Waals surface area (Å²) in [6.07, 6.45) is 0. The molecule has 0 aliphatic rings. The van der Waals surface area contributed by atoms with Gasteiger partial charge in [-0.3, -0.25) is 4.79 Å². The van der Waals surface area contributed by atoms with Crippen molar-refractivity contribution >= 4 is 28.2 Å². The van der Waals surface area contributed by atoms with Crippen molar-refractivity contribution in [3.63, 3.8) is 0 Å². The Bertz CT molecular complexity index is 1140. The maximum atomic E-state index is 12.7. The van der Waals surface area contributed by atoms with Gasteiger partial charge >= 0.3 is 5.97 Å². The summed E-state index contributed by atoms with van der Waals surface area (Å²) in [5.41, 5.74) is 5.57. The third-order valence-electron chi connectivity index (χ3n) is 5.43. The molecule has 3 rings (SSSR count). The zero-order chi connectivity index (χ0) is 24.2. The SMILES string of the molecule is CCOC(=O)c1c(-c2ccc(C)c(C)c2)csc1NC(=O)COc1ccc(C(C)(C)C)cc1. The Kier molecular flexibility index (Phi) is 7.59. The Hall–Kier alpha value is -3.12. The van der Waals surface area contributed by atoms with Gasteiger partial charge in [0.25, 0.3) is 5.91 Å². The van der Waals surface area contributed by atoms with E-state index in [2.05, 4.69) is 26.1 Å². The highest BCUT2D eigenvalue weighted by molar-refractivity contribution is 7.15. The molecule has 5 nitrogen and oxygen atoms in total. The number of rotatable bonds is 7. The van der Waals surface area contributed by atoms with E-state index in [0.29, 0.717) is 16.3 Å². The van der Waals surface area contributed by atoms with Crippen LogP contribution >= 0.6 is 11.3 Å². The van der Waals surface area contributed by atoms with Crippen LogP contribution in [-0.2, 0) is 14.9 Å². The maximum absolute atomic E-state index is 12.7. The summed E-state index contributed by atoms with van der Waals surface area (Å²) in [4.78, 5) is 25.4. The van der Waals surface area contributed by atoms with Crippen molar-refractivity contribution in [3.05, 3.63) is 70.1 Å². The van der Waals surface area contributed by atoms with Gasteiger partial charge in [-0.2, -0.15) is 0 Å². The molecule has 0 atom stereocenters. The summed E-state index contributed by atoms with van der Waals surface area (Å²) in [6, 6.07) is 13.8. The Morgan fingerprint density at radius 1 is 1.00 bits per heavy atom. The third kappa shape index (κ3) is 6.02. The van der Waals surface area contributed by atoms with Gasteiger partial charge in [-0.1, -0.05) is 51.1 Å². The number of hydrogen-bond donors (Lipinski definition) is 1. The van der Waals surface area contributed by atoms with E-state index >= 15 is 0 Å². The van der Waals surface area contributed by atoms with Crippen molar-refractivity contribution in [3.8, 4) is 16.9 Å². The first-order valence-corrected chi connectivity index (χ1v) is 11.9. The first kappa shape index (κ1) is 24.5. The van der Waals surface area contributed by atoms with E-state index in [0.717, 1.165) is 16.7 Å². The minimum Gasteiger partial charge on any atom is -0.484 e. The predicted octanol–water partition coefficient (Wildman–Crippen LogP) is 6.52. The number of ether oxygens (including phenoxy) is 2. The highest BCUT2D eigenvalue weighted by Crippen LogP contribution is 2.37. The molecule has 0 saturated heterocycles. The molecule has 0 unspecified atom stereocenters. The van der Waals surface area contributed by atoms with Gasteiger partial charge in [0.15, 0.2) is 6.61 Å². The normalized spacial score (nSPS) is 11.2. The number of aryl methyl sites for hydroxylation is 2. The summed E-state index contributed by atoms with van der Waals surface area (Å²) < 4.78 is 10.9. The summed E-state index contributed by atoms with van der Waals surface area (Å²) in [5.74, 6) is -0.180. The molecule has 174 valence electrons. The van der Waals surface area contributed by atoms with Gasteiger partial charge in [-0.05, 0) is 60.6 Å². The summed E-state index contributed by atoms with van der Waals surface area (Å²) in [5, 5.41) is 5.16. The molecule has 1 aromatic heterocycles. The Morgan fingerprint density at radius 2 is 1.70 bits per heavy atom. The van der Waals surface area contributed by atoms with Crippen LogP contribution in [-0.4, -0.2) is 25.1 Å². The number of esters is 1. The van der Waals surface area contributed by atoms with Crippen molar-refractivity contribution in [2.45, 2.75) is 47.0 Å². The van der Waals surface area contributed by atoms with Crippen LogP contribution in [0.4, 0.5) is 5.00 Å². The largest absolute Gasteiger partial charge is 0.484 e. The van der Waals surface area contributed by atoms with Gasteiger partial charge < -0.3 is 14.8 Å². The van der Waals surface area contributed by atoms with Crippen LogP contribution in [0.25, 0.3) is 11.1 Å². The number of benzene rings is 2. The fourth-order valence-corrected chi connectivity index (χ4v) is 4.31. The van der Waals surface area contributed by atoms with Gasteiger partial charge in [0.05, 0.1) is 6.61 Å². The zero-order valence-electron chi connectivity index (χ0n) is 20.1. The Morgan fingerprint density at radius 3 is 2.30 bits per heavy atom. The number of hydrogen-bond acceptors (Lipinski definition) is 5. The molecule has 0 saturated carbocycles. The van der Waals surface area contributed by atoms with E-state index in [9.17, 15) is 9.59 Å². The van der Waals surface area contributed by atoms with Gasteiger partial charge in [0.1, 0.15) is 16.3 Å². The highest BCUT2D eigenvalue weighted by Gasteiger charge is 2.23. The minimum absolute atomic E-state index is 0.0479. The number of thiophene rings is 1. The lowest BCUT2D eigenvalue weighted by molar-refractivity contribution is -0.118. The van der Waals surface area contributed by atoms with Crippen LogP contribution in [0.5, 0.6) is 5.75 Å². The van der Waals surface area contributed by atoms with Crippen molar-refractivity contribution < 1.29 is 19.1 Å². The topological polar surface area (TPSA) is 64.6 Å². The van der Waals surface area contributed by atoms with Crippen molar-refractivity contribution in [2.24, 2.45) is 0 Å². The molecule has 1 heterocycles. The number of amides is 1. The summed E-state index contributed by atoms with van der Waals surface area (Å²) in [7, 11) is 0. The van der Waals surface area contributed by atoms with Crippen LogP contribution in [0, 0.1) is 13.8 Å². The van der Waals surface area contributed by atoms with E-state index in [-0.39, 0.29) is 24.5 Å². The summed E-state index contributed by atoms with van der Waals surface area (Å²) in [6.45, 7) is 12.4. The first-order chi connectivity index (χ1) is 15.6. The molecule has 33 heavy (non-hydrogen) atoms. The number of nitrogens with one attached hydrogen (secondary N) is 1. The zero-order valence-corrected chi connectivity index (χ0v) is 20.9. The number of carbonyl (C=O) groups is 2. The quantitative estimate of drug-likeness (QED) is 0.403. The molecule has 1 amide bonds. The smallest absolute Gasteiger partial charge is 0.341 e. The van der Waals surface area contributed by atoms with Gasteiger partial charge in [-0.15, -0.1) is 11.3 Å². The predicted molar refractivity (Wildman–Crippen MR) is 134 cm³/mol. The Labute approximate surface area is 199 Å². The molecular formula is C27H31NO4S. The van der Waals surface area contributed by atoms with E-state index in [1.54, 1.807) is 6.92 Å². The second-order valence-electron chi connectivity index (χ2n) is 8.98. The lowest BCUT2D eigenvalue weighted by atomic mass is 9.87. The summed E-state index contributed by atoms with van der Waals surface area (Å²) >= 11 is 1.30. The molecule has 0 spiro atoms. The second kappa shape index (κ2) is 10.2. The van der Waals surface area contributed by atoms with Crippen molar-refractivity contribution in [1.29, 1.82) is 0 Å². The van der Waals surface area contributed by atoms with Crippen molar-refractivity contribution in [2.75, 3.05) is 18.5 Å². The fourth-order valence-electron chi connectivity index (χ4n) is 3.34. The second-order valence-corrected chi connectivity index (χ2v) is 9.86. The molecule has 3 aromatic rings. The molecule has 2 aromatic carbocycles. The molecule has 0 fully saturated rings. The van der Waals surface area contributed by atoms with Crippen LogP contribution in [0.2, 0.25) is 0 Å². The van der Waals surface area contributed by atoms with Crippen LogP contribution in [0.1, 0.15) is 54.7 Å². The number of carbonyl (C=O) groups excluding carboxylic acids is 2. The average molecular weight is 466 g/mol. The molecule has 0 radical (unpaired) electrons. The van der Waals surface area contributed by atoms with Gasteiger partial charge in [0, 0.05) is 10.9 Å². The third-order valence-corrected chi connectivity index (χ3v) is 6.33. The Balaban J connectivity index is 1.76. The molecule has 6 heteroatoms. The van der Waals surface area contributed by atoms with Crippen LogP contribution < -0.4 is 10.1 Å². The van der Waals surface area contributed by atoms with E-state index in [1.165, 1.54) is 22.5 Å². The van der Waals surface area contributed by atoms with Crippen LogP contribution in [0.15, 0.2) is 47.8 Å². The molecular weight excluding hydrogens is 434 g/mol. The van der Waals surface area contributed by atoms with E-state index in [1.807, 2.05) is 61.7 Å². The molecule has 0 bridgehead atoms. The highest BCUT2D eigenvalue weighted by atomic mass is 32.1. The fraction of sp³-hybridized carbons (Fsp3) is 0.333. The van der Waals surface area contributed by atoms with Crippen LogP contribution in [0.3, 0.4) is 0 Å². The average Bonchev–Trinajstić information content (AvgIpc) is 3.17. The monoisotopic (exact) mass is 465 g/mol. The van der Waals surface area contributed by atoms with Crippen molar-refractivity contribution in [1.82, 2.24) is 0 Å². The first-order valence-electron chi connectivity index (χ1n) is 11.0. The van der Waals surface area contributed by atoms with E-state index in [4.69, 9.17) is 9.47 Å². The standard InChI is InChI=1S/C27H31NO4S/c1-7-31-26(30)24-22(19-9-8-17(2)18(3)14-19)16-33-25(24)28-23(29)15-32-21-12-10-20(11-13-21)27(4,5)6/h8-14,16H,7,15H2,1-6H3,(H,28,29). The van der Waals surface area contributed by atoms with Gasteiger partial charge in [-0.25, -0.2) is 4.79 Å². The molecule has 0 aliphatic carbocycles. The lowest BCUT2D eigenvalue weighted by Gasteiger charge is -2.19. The molecule has 0 aliphatic heterocycles. The van der Waals surface area contributed by atoms with Gasteiger partial charge in [0.2, 0.25) is 0 Å². The minimum atomic E-state index is -0.457. The maximum Gasteiger partial charge on any atom is 0.341 e. The lowest BCUT2D eigenvalue weighted by Crippen LogP contribution is -2.21. The van der Waals surface area contributed by atoms with E-state index < -0.39 is 5.97 Å². The molecule has 1 N–H and O–H groups in total. The number of anilines is 1.